The Balaban J connectivity index is 0.00000338. The van der Waals surface area contributed by atoms with Crippen LogP contribution in [0, 0.1) is 0 Å². The van der Waals surface area contributed by atoms with Crippen molar-refractivity contribution in [2.45, 2.75) is 17.9 Å². The number of hydrogen-bond acceptors (Lipinski definition) is 4. The van der Waals surface area contributed by atoms with Crippen LogP contribution in [0.25, 0.3) is 0 Å². The van der Waals surface area contributed by atoms with E-state index >= 15 is 0 Å². The van der Waals surface area contributed by atoms with Crippen molar-refractivity contribution in [3.8, 4) is 0 Å². The summed E-state index contributed by atoms with van der Waals surface area (Å²) in [6.07, 6.45) is 0. The van der Waals surface area contributed by atoms with Gasteiger partial charge in [0.1, 0.15) is 0 Å². The maximum absolute atomic E-state index is 12.8. The molecular weight excluding hydrogens is 374 g/mol. The number of sulfonamides is 1. The maximum Gasteiger partial charge on any atom is 0.264 e. The number of nitrogens with one attached hydrogen (secondary N) is 2. The maximum atomic E-state index is 12.8. The summed E-state index contributed by atoms with van der Waals surface area (Å²) >= 11 is 0. The second kappa shape index (κ2) is 9.56. The number of benzene rings is 2. The minimum Gasteiger partial charge on any atom is -0.350 e. The molecule has 2 aromatic carbocycles. The van der Waals surface area contributed by atoms with Crippen LogP contribution < -0.4 is 14.9 Å². The van der Waals surface area contributed by atoms with E-state index in [1.807, 2.05) is 20.0 Å². The highest BCUT2D eigenvalue weighted by molar-refractivity contribution is 7.92. The third kappa shape index (κ3) is 5.20. The molecule has 0 aromatic heterocycles. The van der Waals surface area contributed by atoms with Gasteiger partial charge in [0.2, 0.25) is 0 Å². The highest BCUT2D eigenvalue weighted by atomic mass is 35.5. The Morgan fingerprint density at radius 2 is 1.77 bits per heavy atom. The highest BCUT2D eigenvalue weighted by Gasteiger charge is 2.22. The Morgan fingerprint density at radius 3 is 2.38 bits per heavy atom. The van der Waals surface area contributed by atoms with Gasteiger partial charge in [-0.2, -0.15) is 0 Å². The van der Waals surface area contributed by atoms with Crippen LogP contribution in [-0.4, -0.2) is 41.0 Å². The van der Waals surface area contributed by atoms with Crippen LogP contribution in [0.5, 0.6) is 0 Å². The third-order valence-corrected chi connectivity index (χ3v) is 5.72. The minimum absolute atomic E-state index is 0. The SMILES string of the molecule is CNC(C)CNC(=O)c1cccc(S(=O)(=O)N(C)c2ccccc2)c1.Cl. The number of hydrogen-bond donors (Lipinski definition) is 2. The fourth-order valence-electron chi connectivity index (χ4n) is 2.18. The quantitative estimate of drug-likeness (QED) is 0.751. The van der Waals surface area contributed by atoms with Gasteiger partial charge in [0, 0.05) is 25.2 Å². The first-order chi connectivity index (χ1) is 11.9. The number of carbonyl (C=O) groups excluding carboxylic acids is 1. The fourth-order valence-corrected chi connectivity index (χ4v) is 3.42. The first kappa shape index (κ1) is 22.0. The molecule has 0 radical (unpaired) electrons. The number of likely N-dealkylation sites (N-methyl/N-ethyl adjacent to an activating group) is 1. The van der Waals surface area contributed by atoms with E-state index in [0.717, 1.165) is 0 Å². The van der Waals surface area contributed by atoms with Crippen molar-refractivity contribution >= 4 is 34.0 Å². The van der Waals surface area contributed by atoms with Gasteiger partial charge in [-0.1, -0.05) is 24.3 Å². The van der Waals surface area contributed by atoms with Crippen molar-refractivity contribution < 1.29 is 13.2 Å². The number of amides is 1. The predicted octanol–water partition coefficient (Wildman–Crippen LogP) is 2.27. The molecule has 0 saturated heterocycles. The molecule has 0 saturated carbocycles. The zero-order chi connectivity index (χ0) is 18.4. The Labute approximate surface area is 161 Å². The van der Waals surface area contributed by atoms with Crippen molar-refractivity contribution in [2.24, 2.45) is 0 Å². The number of carbonyl (C=O) groups is 1. The molecule has 142 valence electrons. The lowest BCUT2D eigenvalue weighted by Gasteiger charge is -2.19. The van der Waals surface area contributed by atoms with Crippen molar-refractivity contribution in [3.05, 3.63) is 60.2 Å². The van der Waals surface area contributed by atoms with Crippen molar-refractivity contribution in [3.63, 3.8) is 0 Å². The molecule has 2 aromatic rings. The van der Waals surface area contributed by atoms with Crippen molar-refractivity contribution in [1.82, 2.24) is 10.6 Å². The largest absolute Gasteiger partial charge is 0.350 e. The molecule has 2 N–H and O–H groups in total. The molecule has 26 heavy (non-hydrogen) atoms. The zero-order valence-electron chi connectivity index (χ0n) is 15.0. The molecule has 0 heterocycles. The molecular formula is C18H24ClN3O3S. The van der Waals surface area contributed by atoms with Crippen LogP contribution in [0.3, 0.4) is 0 Å². The van der Waals surface area contributed by atoms with E-state index < -0.39 is 10.0 Å². The van der Waals surface area contributed by atoms with E-state index in [0.29, 0.717) is 17.8 Å². The predicted molar refractivity (Wildman–Crippen MR) is 107 cm³/mol. The van der Waals surface area contributed by atoms with Gasteiger partial charge in [0.25, 0.3) is 15.9 Å². The molecule has 2 rings (SSSR count). The average Bonchev–Trinajstić information content (AvgIpc) is 2.65. The van der Waals surface area contributed by atoms with Crippen LogP contribution in [0.15, 0.2) is 59.5 Å². The summed E-state index contributed by atoms with van der Waals surface area (Å²) in [4.78, 5) is 12.3. The third-order valence-electron chi connectivity index (χ3n) is 3.94. The molecule has 1 atom stereocenters. The minimum atomic E-state index is -3.74. The van der Waals surface area contributed by atoms with Crippen LogP contribution in [0.1, 0.15) is 17.3 Å². The first-order valence-electron chi connectivity index (χ1n) is 7.95. The van der Waals surface area contributed by atoms with E-state index in [9.17, 15) is 13.2 Å². The molecule has 1 unspecified atom stereocenters. The topological polar surface area (TPSA) is 78.5 Å². The fraction of sp³-hybridized carbons (Fsp3) is 0.278. The smallest absolute Gasteiger partial charge is 0.264 e. The number of halogens is 1. The summed E-state index contributed by atoms with van der Waals surface area (Å²) in [5.74, 6) is -0.304. The number of para-hydroxylation sites is 1. The summed E-state index contributed by atoms with van der Waals surface area (Å²) in [5.41, 5.74) is 0.867. The van der Waals surface area contributed by atoms with Gasteiger partial charge >= 0.3 is 0 Å². The normalized spacial score (nSPS) is 12.0. The molecule has 6 nitrogen and oxygen atoms in total. The van der Waals surface area contributed by atoms with Crippen LogP contribution >= 0.6 is 12.4 Å². The van der Waals surface area contributed by atoms with E-state index in [1.54, 1.807) is 36.4 Å². The summed E-state index contributed by atoms with van der Waals surface area (Å²) in [6, 6.07) is 15.0. The van der Waals surface area contributed by atoms with Gasteiger partial charge < -0.3 is 10.6 Å². The van der Waals surface area contributed by atoms with Gasteiger partial charge in [0.05, 0.1) is 10.6 Å². The molecule has 0 aliphatic rings. The summed E-state index contributed by atoms with van der Waals surface area (Å²) in [5, 5.41) is 5.80. The Hall–Kier alpha value is -2.09. The molecule has 0 bridgehead atoms. The number of anilines is 1. The molecule has 0 aliphatic heterocycles. The molecule has 8 heteroatoms. The summed E-state index contributed by atoms with van der Waals surface area (Å²) < 4.78 is 26.8. The zero-order valence-corrected chi connectivity index (χ0v) is 16.6. The lowest BCUT2D eigenvalue weighted by atomic mass is 10.2. The second-order valence-corrected chi connectivity index (χ2v) is 7.70. The van der Waals surface area contributed by atoms with Crippen molar-refractivity contribution in [1.29, 1.82) is 0 Å². The van der Waals surface area contributed by atoms with Crippen LogP contribution in [-0.2, 0) is 10.0 Å². The van der Waals surface area contributed by atoms with Crippen LogP contribution in [0.2, 0.25) is 0 Å². The van der Waals surface area contributed by atoms with Gasteiger partial charge in [-0.05, 0) is 44.3 Å². The van der Waals surface area contributed by atoms with E-state index in [2.05, 4.69) is 10.6 Å². The summed E-state index contributed by atoms with van der Waals surface area (Å²) in [7, 11) is -0.442. The van der Waals surface area contributed by atoms with E-state index in [4.69, 9.17) is 0 Å². The summed E-state index contributed by atoms with van der Waals surface area (Å²) in [6.45, 7) is 2.40. The lowest BCUT2D eigenvalue weighted by molar-refractivity contribution is 0.0950. The molecule has 0 aliphatic carbocycles. The van der Waals surface area contributed by atoms with Gasteiger partial charge in [-0.15, -0.1) is 12.4 Å². The molecule has 0 fully saturated rings. The Morgan fingerprint density at radius 1 is 1.12 bits per heavy atom. The second-order valence-electron chi connectivity index (χ2n) is 5.74. The average molecular weight is 398 g/mol. The van der Waals surface area contributed by atoms with Crippen LogP contribution in [0.4, 0.5) is 5.69 Å². The van der Waals surface area contributed by atoms with Gasteiger partial charge in [-0.3, -0.25) is 9.10 Å². The Bertz CT molecular complexity index is 829. The Kier molecular flexibility index (Phi) is 8.08. The van der Waals surface area contributed by atoms with Gasteiger partial charge in [0.15, 0.2) is 0 Å². The van der Waals surface area contributed by atoms with E-state index in [1.165, 1.54) is 23.5 Å². The first-order valence-corrected chi connectivity index (χ1v) is 9.39. The monoisotopic (exact) mass is 397 g/mol. The van der Waals surface area contributed by atoms with E-state index in [-0.39, 0.29) is 29.3 Å². The molecule has 1 amide bonds. The lowest BCUT2D eigenvalue weighted by Crippen LogP contribution is -2.37. The number of nitrogens with zero attached hydrogens (tertiary/aromatic N) is 1. The standard InChI is InChI=1S/C18H23N3O3S.ClH/c1-14(19-2)13-20-18(22)15-8-7-11-17(12-15)25(23,24)21(3)16-9-5-4-6-10-16;/h4-12,14,19H,13H2,1-3H3,(H,20,22);1H. The molecule has 0 spiro atoms. The number of rotatable bonds is 7. The van der Waals surface area contributed by atoms with Crippen molar-refractivity contribution in [2.75, 3.05) is 24.9 Å². The van der Waals surface area contributed by atoms with Gasteiger partial charge in [-0.25, -0.2) is 8.42 Å². The highest BCUT2D eigenvalue weighted by Crippen LogP contribution is 2.22.